The molecule has 72 valence electrons. The molecule has 1 aliphatic carbocycles. The lowest BCUT2D eigenvalue weighted by Gasteiger charge is -2.05. The molecule has 2 rings (SSSR count). The first-order valence-electron chi connectivity index (χ1n) is 3.92. The highest BCUT2D eigenvalue weighted by Crippen LogP contribution is 2.34. The van der Waals surface area contributed by atoms with Crippen LogP contribution in [-0.2, 0) is 6.42 Å². The Morgan fingerprint density at radius 2 is 2.15 bits per heavy atom. The fourth-order valence-corrected chi connectivity index (χ4v) is 1.98. The molecule has 0 saturated heterocycles. The van der Waals surface area contributed by atoms with Crippen molar-refractivity contribution in [2.24, 2.45) is 5.73 Å². The van der Waals surface area contributed by atoms with Crippen molar-refractivity contribution in [3.8, 4) is 0 Å². The highest BCUT2D eigenvalue weighted by molar-refractivity contribution is 6.31. The van der Waals surface area contributed by atoms with Crippen LogP contribution in [0.2, 0.25) is 5.02 Å². The highest BCUT2D eigenvalue weighted by atomic mass is 35.5. The fourth-order valence-electron chi connectivity index (χ4n) is 1.67. The molecule has 1 unspecified atom stereocenters. The minimum atomic E-state index is -0.295. The van der Waals surface area contributed by atoms with Crippen LogP contribution in [0, 0.1) is 5.82 Å². The zero-order chi connectivity index (χ0) is 8.72. The van der Waals surface area contributed by atoms with Gasteiger partial charge in [-0.05, 0) is 36.1 Å². The lowest BCUT2D eigenvalue weighted by atomic mass is 10.1. The summed E-state index contributed by atoms with van der Waals surface area (Å²) in [5, 5.41) is 0.512. The van der Waals surface area contributed by atoms with Gasteiger partial charge in [0.15, 0.2) is 0 Å². The molecular formula is C9H10Cl2FN. The van der Waals surface area contributed by atoms with E-state index in [-0.39, 0.29) is 24.3 Å². The van der Waals surface area contributed by atoms with Crippen LogP contribution in [0.3, 0.4) is 0 Å². The number of fused-ring (bicyclic) bond motifs is 1. The van der Waals surface area contributed by atoms with E-state index in [4.69, 9.17) is 17.3 Å². The van der Waals surface area contributed by atoms with Crippen LogP contribution in [-0.4, -0.2) is 0 Å². The molecule has 0 spiro atoms. The van der Waals surface area contributed by atoms with E-state index in [1.165, 1.54) is 12.1 Å². The third-order valence-electron chi connectivity index (χ3n) is 2.30. The Kier molecular flexibility index (Phi) is 3.17. The first-order chi connectivity index (χ1) is 5.68. The van der Waals surface area contributed by atoms with Gasteiger partial charge in [-0.3, -0.25) is 0 Å². The summed E-state index contributed by atoms with van der Waals surface area (Å²) in [5.74, 6) is -0.295. The number of halogens is 3. The maximum absolute atomic E-state index is 12.9. The standard InChI is InChI=1S/C9H9ClFN.ClH/c10-8-4-5(11)3-7-6(8)1-2-9(7)12;/h3-4,9H,1-2,12H2;1H. The third kappa shape index (κ3) is 1.80. The van der Waals surface area contributed by atoms with Gasteiger partial charge in [0.2, 0.25) is 0 Å². The topological polar surface area (TPSA) is 26.0 Å². The quantitative estimate of drug-likeness (QED) is 0.717. The normalized spacial score (nSPS) is 19.5. The van der Waals surface area contributed by atoms with Gasteiger partial charge in [0.05, 0.1) is 0 Å². The van der Waals surface area contributed by atoms with Crippen LogP contribution >= 0.6 is 24.0 Å². The Labute approximate surface area is 87.5 Å². The van der Waals surface area contributed by atoms with Crippen molar-refractivity contribution >= 4 is 24.0 Å². The summed E-state index contributed by atoms with van der Waals surface area (Å²) in [6.07, 6.45) is 1.74. The van der Waals surface area contributed by atoms with Gasteiger partial charge in [0.25, 0.3) is 0 Å². The second-order valence-corrected chi connectivity index (χ2v) is 3.51. The Balaban J connectivity index is 0.000000845. The van der Waals surface area contributed by atoms with E-state index in [9.17, 15) is 4.39 Å². The predicted octanol–water partition coefficient (Wildman–Crippen LogP) is 2.85. The van der Waals surface area contributed by atoms with Gasteiger partial charge in [-0.1, -0.05) is 11.6 Å². The van der Waals surface area contributed by atoms with Crippen molar-refractivity contribution in [3.63, 3.8) is 0 Å². The molecule has 1 nitrogen and oxygen atoms in total. The predicted molar refractivity (Wildman–Crippen MR) is 53.9 cm³/mol. The molecule has 1 aromatic carbocycles. The minimum absolute atomic E-state index is 0. The van der Waals surface area contributed by atoms with Crippen LogP contribution in [0.4, 0.5) is 4.39 Å². The average Bonchev–Trinajstić information content (AvgIpc) is 2.33. The Hall–Kier alpha value is -0.310. The molecule has 0 radical (unpaired) electrons. The highest BCUT2D eigenvalue weighted by Gasteiger charge is 2.21. The van der Waals surface area contributed by atoms with E-state index in [0.29, 0.717) is 5.02 Å². The van der Waals surface area contributed by atoms with Gasteiger partial charge >= 0.3 is 0 Å². The summed E-state index contributed by atoms with van der Waals surface area (Å²) in [5.41, 5.74) is 7.65. The molecule has 0 heterocycles. The van der Waals surface area contributed by atoms with Gasteiger partial charge in [-0.2, -0.15) is 0 Å². The molecule has 1 aliphatic rings. The Bertz CT molecular complexity index is 328. The van der Waals surface area contributed by atoms with Crippen molar-refractivity contribution in [2.45, 2.75) is 18.9 Å². The summed E-state index contributed by atoms with van der Waals surface area (Å²) in [6, 6.07) is 2.80. The van der Waals surface area contributed by atoms with Gasteiger partial charge in [-0.25, -0.2) is 4.39 Å². The summed E-state index contributed by atoms with van der Waals surface area (Å²) in [6.45, 7) is 0. The Morgan fingerprint density at radius 3 is 2.85 bits per heavy atom. The molecule has 1 atom stereocenters. The van der Waals surface area contributed by atoms with Gasteiger partial charge in [-0.15, -0.1) is 12.4 Å². The molecule has 2 N–H and O–H groups in total. The smallest absolute Gasteiger partial charge is 0.125 e. The molecule has 0 bridgehead atoms. The summed E-state index contributed by atoms with van der Waals surface area (Å²) < 4.78 is 12.9. The van der Waals surface area contributed by atoms with E-state index < -0.39 is 0 Å². The monoisotopic (exact) mass is 221 g/mol. The zero-order valence-electron chi connectivity index (χ0n) is 6.89. The molecule has 1 aromatic rings. The molecule has 0 fully saturated rings. The number of hydrogen-bond acceptors (Lipinski definition) is 1. The molecule has 0 saturated carbocycles. The second kappa shape index (κ2) is 3.82. The van der Waals surface area contributed by atoms with Crippen molar-refractivity contribution in [3.05, 3.63) is 34.1 Å². The minimum Gasteiger partial charge on any atom is -0.324 e. The van der Waals surface area contributed by atoms with Crippen molar-refractivity contribution in [1.82, 2.24) is 0 Å². The third-order valence-corrected chi connectivity index (χ3v) is 2.64. The maximum atomic E-state index is 12.9. The van der Waals surface area contributed by atoms with E-state index in [2.05, 4.69) is 0 Å². The molecular weight excluding hydrogens is 212 g/mol. The molecule has 4 heteroatoms. The van der Waals surface area contributed by atoms with Crippen LogP contribution < -0.4 is 5.73 Å². The number of nitrogens with two attached hydrogens (primary N) is 1. The van der Waals surface area contributed by atoms with Gasteiger partial charge < -0.3 is 5.73 Å². The number of hydrogen-bond donors (Lipinski definition) is 1. The largest absolute Gasteiger partial charge is 0.324 e. The summed E-state index contributed by atoms with van der Waals surface area (Å²) in [7, 11) is 0. The van der Waals surface area contributed by atoms with Crippen LogP contribution in [0.5, 0.6) is 0 Å². The fraction of sp³-hybridized carbons (Fsp3) is 0.333. The zero-order valence-corrected chi connectivity index (χ0v) is 8.46. The van der Waals surface area contributed by atoms with E-state index in [0.717, 1.165) is 24.0 Å². The lowest BCUT2D eigenvalue weighted by Crippen LogP contribution is -2.05. The van der Waals surface area contributed by atoms with E-state index in [1.54, 1.807) is 0 Å². The number of benzene rings is 1. The van der Waals surface area contributed by atoms with Crippen molar-refractivity contribution < 1.29 is 4.39 Å². The van der Waals surface area contributed by atoms with Crippen molar-refractivity contribution in [1.29, 1.82) is 0 Å². The van der Waals surface area contributed by atoms with Gasteiger partial charge in [0, 0.05) is 11.1 Å². The van der Waals surface area contributed by atoms with E-state index in [1.807, 2.05) is 0 Å². The summed E-state index contributed by atoms with van der Waals surface area (Å²) >= 11 is 5.84. The van der Waals surface area contributed by atoms with Crippen molar-refractivity contribution in [2.75, 3.05) is 0 Å². The first kappa shape index (κ1) is 10.8. The summed E-state index contributed by atoms with van der Waals surface area (Å²) in [4.78, 5) is 0. The van der Waals surface area contributed by atoms with E-state index >= 15 is 0 Å². The molecule has 0 aromatic heterocycles. The lowest BCUT2D eigenvalue weighted by molar-refractivity contribution is 0.622. The molecule has 0 aliphatic heterocycles. The van der Waals surface area contributed by atoms with Crippen LogP contribution in [0.15, 0.2) is 12.1 Å². The maximum Gasteiger partial charge on any atom is 0.125 e. The number of rotatable bonds is 0. The molecule has 0 amide bonds. The van der Waals surface area contributed by atoms with Crippen LogP contribution in [0.1, 0.15) is 23.6 Å². The second-order valence-electron chi connectivity index (χ2n) is 3.10. The van der Waals surface area contributed by atoms with Crippen LogP contribution in [0.25, 0.3) is 0 Å². The molecule has 13 heavy (non-hydrogen) atoms. The first-order valence-corrected chi connectivity index (χ1v) is 4.29. The SMILES string of the molecule is Cl.NC1CCc2c(Cl)cc(F)cc21. The Morgan fingerprint density at radius 1 is 1.46 bits per heavy atom. The average molecular weight is 222 g/mol. The van der Waals surface area contributed by atoms with Gasteiger partial charge in [0.1, 0.15) is 5.82 Å².